The van der Waals surface area contributed by atoms with Gasteiger partial charge in [0.2, 0.25) is 0 Å². The highest BCUT2D eigenvalue weighted by Crippen LogP contribution is 2.30. The van der Waals surface area contributed by atoms with E-state index in [1.807, 2.05) is 17.5 Å². The number of ether oxygens (including phenoxy) is 2. The minimum absolute atomic E-state index is 0.0839. The normalized spacial score (nSPS) is 10.9. The lowest BCUT2D eigenvalue weighted by atomic mass is 10.1. The first-order valence-electron chi connectivity index (χ1n) is 8.88. The number of hydrogen-bond donors (Lipinski definition) is 0. The molecule has 0 bridgehead atoms. The summed E-state index contributed by atoms with van der Waals surface area (Å²) in [7, 11) is 1.54. The smallest absolute Gasteiger partial charge is 0.311 e. The number of allylic oxidation sites excluding steroid dienone is 1. The van der Waals surface area contributed by atoms with Crippen LogP contribution in [0.3, 0.4) is 0 Å². The summed E-state index contributed by atoms with van der Waals surface area (Å²) in [6, 6.07) is 12.0. The van der Waals surface area contributed by atoms with Crippen LogP contribution in [0.2, 0.25) is 0 Å². The van der Waals surface area contributed by atoms with E-state index in [0.29, 0.717) is 16.2 Å². The Morgan fingerprint density at radius 3 is 2.63 bits per heavy atom. The van der Waals surface area contributed by atoms with Crippen LogP contribution in [0, 0.1) is 17.0 Å². The van der Waals surface area contributed by atoms with E-state index in [0.717, 1.165) is 15.6 Å². The molecule has 1 heterocycles. The van der Waals surface area contributed by atoms with Gasteiger partial charge in [-0.1, -0.05) is 18.2 Å². The van der Waals surface area contributed by atoms with Crippen molar-refractivity contribution in [2.24, 2.45) is 0 Å². The number of thiophene rings is 1. The minimum Gasteiger partial charge on any atom is -0.496 e. The molecule has 0 amide bonds. The van der Waals surface area contributed by atoms with Gasteiger partial charge >= 0.3 is 5.69 Å². The number of halogens is 1. The van der Waals surface area contributed by atoms with Crippen LogP contribution in [0.4, 0.5) is 5.69 Å². The van der Waals surface area contributed by atoms with Crippen LogP contribution < -0.4 is 9.47 Å². The van der Waals surface area contributed by atoms with Gasteiger partial charge in [-0.3, -0.25) is 14.9 Å². The van der Waals surface area contributed by atoms with Gasteiger partial charge < -0.3 is 9.47 Å². The Bertz CT molecular complexity index is 1120. The second-order valence-corrected chi connectivity index (χ2v) is 8.24. The Balaban J connectivity index is 1.79. The predicted molar refractivity (Wildman–Crippen MR) is 121 cm³/mol. The second-order valence-electron chi connectivity index (χ2n) is 6.42. The lowest BCUT2D eigenvalue weighted by Gasteiger charge is -2.11. The summed E-state index contributed by atoms with van der Waals surface area (Å²) < 4.78 is 12.0. The largest absolute Gasteiger partial charge is 0.496 e. The summed E-state index contributed by atoms with van der Waals surface area (Å²) in [5, 5.41) is 13.1. The summed E-state index contributed by atoms with van der Waals surface area (Å²) in [6.45, 7) is 1.87. The molecule has 0 aliphatic carbocycles. The van der Waals surface area contributed by atoms with Crippen LogP contribution in [0.1, 0.15) is 26.4 Å². The fraction of sp³-hybridized carbons (Fsp3) is 0.136. The molecule has 3 rings (SSSR count). The monoisotopic (exact) mass is 487 g/mol. The van der Waals surface area contributed by atoms with Gasteiger partial charge in [-0.2, -0.15) is 0 Å². The Morgan fingerprint density at radius 2 is 1.97 bits per heavy atom. The first kappa shape index (κ1) is 21.7. The quantitative estimate of drug-likeness (QED) is 0.163. The summed E-state index contributed by atoms with van der Waals surface area (Å²) >= 11 is 4.71. The van der Waals surface area contributed by atoms with Gasteiger partial charge in [0.25, 0.3) is 0 Å². The summed E-state index contributed by atoms with van der Waals surface area (Å²) in [5.41, 5.74) is 2.19. The van der Waals surface area contributed by atoms with Gasteiger partial charge in [-0.05, 0) is 64.3 Å². The van der Waals surface area contributed by atoms with Crippen molar-refractivity contribution in [1.29, 1.82) is 0 Å². The Kier molecular flexibility index (Phi) is 7.02. The standard InChI is InChI=1S/C22H18BrNO5S/c1-14-3-7-21(18(9-14)24(26)27)29-12-16-10-15(5-8-20(16)28-2)4-6-19(25)22-11-17(23)13-30-22/h3-11,13H,12H2,1-2H3/b6-4+. The number of rotatable bonds is 8. The number of carbonyl (C=O) groups is 1. The maximum Gasteiger partial charge on any atom is 0.311 e. The number of nitro benzene ring substituents is 1. The van der Waals surface area contributed by atoms with Crippen LogP contribution in [0.5, 0.6) is 11.5 Å². The average Bonchev–Trinajstić information content (AvgIpc) is 3.17. The molecule has 30 heavy (non-hydrogen) atoms. The third-order valence-electron chi connectivity index (χ3n) is 4.24. The first-order chi connectivity index (χ1) is 14.4. The van der Waals surface area contributed by atoms with Crippen molar-refractivity contribution in [1.82, 2.24) is 0 Å². The topological polar surface area (TPSA) is 78.7 Å². The zero-order valence-electron chi connectivity index (χ0n) is 16.3. The predicted octanol–water partition coefficient (Wildman–Crippen LogP) is 6.21. The van der Waals surface area contributed by atoms with Crippen LogP contribution in [0.15, 0.2) is 58.4 Å². The molecule has 0 spiro atoms. The Labute approximate surface area is 186 Å². The molecule has 3 aromatic rings. The van der Waals surface area contributed by atoms with Gasteiger partial charge in [0, 0.05) is 21.5 Å². The molecule has 0 saturated heterocycles. The molecule has 0 aliphatic rings. The van der Waals surface area contributed by atoms with Crippen molar-refractivity contribution in [3.05, 3.63) is 90.1 Å². The average molecular weight is 488 g/mol. The molecule has 0 unspecified atom stereocenters. The van der Waals surface area contributed by atoms with E-state index < -0.39 is 4.92 Å². The molecular formula is C22H18BrNO5S. The number of hydrogen-bond acceptors (Lipinski definition) is 6. The Morgan fingerprint density at radius 1 is 1.20 bits per heavy atom. The number of carbonyl (C=O) groups excluding carboxylic acids is 1. The van der Waals surface area contributed by atoms with Gasteiger partial charge in [-0.15, -0.1) is 11.3 Å². The fourth-order valence-corrected chi connectivity index (χ4v) is 4.11. The SMILES string of the molecule is COc1ccc(/C=C/C(=O)c2cc(Br)cs2)cc1COc1ccc(C)cc1[N+](=O)[O-]. The third kappa shape index (κ3) is 5.34. The number of nitrogens with zero attached hydrogens (tertiary/aromatic N) is 1. The van der Waals surface area contributed by atoms with Gasteiger partial charge in [0.05, 0.1) is 16.9 Å². The lowest BCUT2D eigenvalue weighted by molar-refractivity contribution is -0.386. The van der Waals surface area contributed by atoms with E-state index in [-0.39, 0.29) is 23.8 Å². The van der Waals surface area contributed by atoms with Gasteiger partial charge in [-0.25, -0.2) is 0 Å². The molecule has 8 heteroatoms. The highest BCUT2D eigenvalue weighted by Gasteiger charge is 2.16. The van der Waals surface area contributed by atoms with E-state index in [2.05, 4.69) is 15.9 Å². The highest BCUT2D eigenvalue weighted by molar-refractivity contribution is 9.10. The van der Waals surface area contributed by atoms with E-state index in [9.17, 15) is 14.9 Å². The molecule has 0 aliphatic heterocycles. The number of aryl methyl sites for hydroxylation is 1. The van der Waals surface area contributed by atoms with E-state index in [1.54, 1.807) is 44.4 Å². The fourth-order valence-electron chi connectivity index (χ4n) is 2.76. The van der Waals surface area contributed by atoms with Crippen LogP contribution in [-0.2, 0) is 6.61 Å². The molecule has 0 atom stereocenters. The molecule has 0 saturated carbocycles. The molecular weight excluding hydrogens is 470 g/mol. The molecule has 6 nitrogen and oxygen atoms in total. The van der Waals surface area contributed by atoms with E-state index >= 15 is 0 Å². The van der Waals surface area contributed by atoms with Crippen molar-refractivity contribution >= 4 is 44.8 Å². The van der Waals surface area contributed by atoms with Crippen molar-refractivity contribution in [3.8, 4) is 11.5 Å². The second kappa shape index (κ2) is 9.69. The lowest BCUT2D eigenvalue weighted by Crippen LogP contribution is -2.02. The third-order valence-corrected chi connectivity index (χ3v) is 5.94. The molecule has 154 valence electrons. The number of benzene rings is 2. The highest BCUT2D eigenvalue weighted by atomic mass is 79.9. The van der Waals surface area contributed by atoms with E-state index in [4.69, 9.17) is 9.47 Å². The summed E-state index contributed by atoms with van der Waals surface area (Å²) in [4.78, 5) is 23.7. The van der Waals surface area contributed by atoms with Gasteiger partial charge in [0.1, 0.15) is 12.4 Å². The molecule has 0 radical (unpaired) electrons. The molecule has 2 aromatic carbocycles. The summed E-state index contributed by atoms with van der Waals surface area (Å²) in [6.07, 6.45) is 3.22. The first-order valence-corrected chi connectivity index (χ1v) is 10.6. The maximum atomic E-state index is 12.3. The zero-order valence-corrected chi connectivity index (χ0v) is 18.7. The molecule has 1 aromatic heterocycles. The number of methoxy groups -OCH3 is 1. The van der Waals surface area contributed by atoms with Gasteiger partial charge in [0.15, 0.2) is 11.5 Å². The van der Waals surface area contributed by atoms with E-state index in [1.165, 1.54) is 23.5 Å². The number of nitro groups is 1. The molecule has 0 N–H and O–H groups in total. The van der Waals surface area contributed by atoms with Crippen LogP contribution in [0.25, 0.3) is 6.08 Å². The zero-order chi connectivity index (χ0) is 21.7. The summed E-state index contributed by atoms with van der Waals surface area (Å²) in [5.74, 6) is 0.692. The van der Waals surface area contributed by atoms with Crippen LogP contribution in [-0.4, -0.2) is 17.8 Å². The van der Waals surface area contributed by atoms with Crippen molar-refractivity contribution in [2.75, 3.05) is 7.11 Å². The minimum atomic E-state index is -0.465. The number of ketones is 1. The van der Waals surface area contributed by atoms with Crippen LogP contribution >= 0.6 is 27.3 Å². The maximum absolute atomic E-state index is 12.3. The van der Waals surface area contributed by atoms with Crippen molar-refractivity contribution in [3.63, 3.8) is 0 Å². The Hall–Kier alpha value is -2.97. The van der Waals surface area contributed by atoms with Crippen molar-refractivity contribution < 1.29 is 19.2 Å². The molecule has 0 fully saturated rings. The van der Waals surface area contributed by atoms with Crippen molar-refractivity contribution in [2.45, 2.75) is 13.5 Å².